The Morgan fingerprint density at radius 3 is 2.03 bits per heavy atom. The molecule has 0 unspecified atom stereocenters. The Balaban J connectivity index is 1.69. The summed E-state index contributed by atoms with van der Waals surface area (Å²) in [7, 11) is -3.59. The molecule has 1 aliphatic rings. The number of nitrogens with zero attached hydrogens (tertiary/aromatic N) is 3. The molecule has 0 aromatic heterocycles. The number of para-hydroxylation sites is 1. The molecule has 6 nitrogen and oxygen atoms in total. The van der Waals surface area contributed by atoms with Gasteiger partial charge in [-0.15, -0.1) is 0 Å². The Labute approximate surface area is 173 Å². The monoisotopic (exact) mass is 415 g/mol. The summed E-state index contributed by atoms with van der Waals surface area (Å²) in [4.78, 5) is 17.4. The maximum absolute atomic E-state index is 13.3. The van der Waals surface area contributed by atoms with Crippen molar-refractivity contribution in [1.29, 1.82) is 0 Å². The van der Waals surface area contributed by atoms with Gasteiger partial charge in [0.2, 0.25) is 15.9 Å². The second-order valence-electron chi connectivity index (χ2n) is 7.41. The van der Waals surface area contributed by atoms with Crippen LogP contribution in [0.3, 0.4) is 0 Å². The highest BCUT2D eigenvalue weighted by Crippen LogP contribution is 2.23. The van der Waals surface area contributed by atoms with Gasteiger partial charge in [-0.3, -0.25) is 14.0 Å². The maximum Gasteiger partial charge on any atom is 0.246 e. The lowest BCUT2D eigenvalue weighted by Crippen LogP contribution is -2.55. The van der Waals surface area contributed by atoms with Gasteiger partial charge in [-0.1, -0.05) is 55.5 Å². The lowest BCUT2D eigenvalue weighted by atomic mass is 10.1. The Morgan fingerprint density at radius 2 is 1.52 bits per heavy atom. The second-order valence-corrected chi connectivity index (χ2v) is 9.26. The molecule has 1 heterocycles. The molecule has 0 bridgehead atoms. The molecule has 1 atom stereocenters. The Morgan fingerprint density at radius 1 is 0.966 bits per heavy atom. The highest BCUT2D eigenvalue weighted by Gasteiger charge is 2.35. The van der Waals surface area contributed by atoms with E-state index in [4.69, 9.17) is 0 Å². The fourth-order valence-electron chi connectivity index (χ4n) is 3.80. The molecule has 29 heavy (non-hydrogen) atoms. The van der Waals surface area contributed by atoms with Crippen LogP contribution in [0.2, 0.25) is 0 Å². The van der Waals surface area contributed by atoms with E-state index in [-0.39, 0.29) is 5.91 Å². The molecule has 2 aromatic rings. The van der Waals surface area contributed by atoms with Crippen molar-refractivity contribution in [3.63, 3.8) is 0 Å². The number of carbonyl (C=O) groups excluding carboxylic acids is 1. The minimum atomic E-state index is -3.59. The summed E-state index contributed by atoms with van der Waals surface area (Å²) in [5, 5.41) is 0. The van der Waals surface area contributed by atoms with E-state index in [2.05, 4.69) is 17.0 Å². The van der Waals surface area contributed by atoms with Gasteiger partial charge in [0.15, 0.2) is 0 Å². The van der Waals surface area contributed by atoms with Crippen LogP contribution in [0.4, 0.5) is 5.69 Å². The Bertz CT molecular complexity index is 895. The van der Waals surface area contributed by atoms with Crippen molar-refractivity contribution in [2.24, 2.45) is 0 Å². The number of hydrogen-bond donors (Lipinski definition) is 0. The predicted molar refractivity (Wildman–Crippen MR) is 116 cm³/mol. The minimum absolute atomic E-state index is 0.124. The van der Waals surface area contributed by atoms with Crippen molar-refractivity contribution in [3.8, 4) is 0 Å². The smallest absolute Gasteiger partial charge is 0.246 e. The van der Waals surface area contributed by atoms with Crippen LogP contribution < -0.4 is 4.31 Å². The third-order valence-electron chi connectivity index (χ3n) is 5.26. The van der Waals surface area contributed by atoms with Gasteiger partial charge in [0.05, 0.1) is 11.9 Å². The van der Waals surface area contributed by atoms with Crippen LogP contribution in [0.5, 0.6) is 0 Å². The van der Waals surface area contributed by atoms with Gasteiger partial charge in [-0.05, 0) is 24.1 Å². The largest absolute Gasteiger partial charge is 0.338 e. The third-order valence-corrected chi connectivity index (χ3v) is 6.44. The van der Waals surface area contributed by atoms with E-state index < -0.39 is 16.1 Å². The topological polar surface area (TPSA) is 60.9 Å². The van der Waals surface area contributed by atoms with Crippen molar-refractivity contribution < 1.29 is 13.2 Å². The number of benzene rings is 2. The Kier molecular flexibility index (Phi) is 6.92. The normalized spacial score (nSPS) is 16.4. The van der Waals surface area contributed by atoms with Crippen LogP contribution in [0, 0.1) is 0 Å². The van der Waals surface area contributed by atoms with Crippen LogP contribution in [-0.4, -0.2) is 62.6 Å². The first-order chi connectivity index (χ1) is 13.9. The quantitative estimate of drug-likeness (QED) is 0.697. The molecular formula is C22H29N3O3S. The molecule has 2 aromatic carbocycles. The van der Waals surface area contributed by atoms with E-state index in [1.54, 1.807) is 29.2 Å². The maximum atomic E-state index is 13.3. The van der Waals surface area contributed by atoms with Gasteiger partial charge < -0.3 is 4.90 Å². The molecule has 0 saturated carbocycles. The van der Waals surface area contributed by atoms with E-state index in [0.29, 0.717) is 25.2 Å². The molecule has 3 rings (SSSR count). The molecule has 0 radical (unpaired) electrons. The van der Waals surface area contributed by atoms with Crippen LogP contribution in [0.25, 0.3) is 0 Å². The van der Waals surface area contributed by atoms with Crippen molar-refractivity contribution in [1.82, 2.24) is 9.80 Å². The number of rotatable bonds is 7. The van der Waals surface area contributed by atoms with Crippen LogP contribution in [-0.2, 0) is 21.4 Å². The fourth-order valence-corrected chi connectivity index (χ4v) is 5.00. The first-order valence-electron chi connectivity index (χ1n) is 9.99. The summed E-state index contributed by atoms with van der Waals surface area (Å²) < 4.78 is 26.3. The zero-order chi connectivity index (χ0) is 20.9. The number of amides is 1. The summed E-state index contributed by atoms with van der Waals surface area (Å²) in [5.41, 5.74) is 1.78. The average molecular weight is 416 g/mol. The molecule has 1 saturated heterocycles. The van der Waals surface area contributed by atoms with Gasteiger partial charge in [0.1, 0.15) is 6.04 Å². The fraction of sp³-hybridized carbons (Fsp3) is 0.409. The number of carbonyl (C=O) groups is 1. The highest BCUT2D eigenvalue weighted by atomic mass is 32.2. The number of hydrogen-bond acceptors (Lipinski definition) is 4. The molecule has 1 amide bonds. The number of anilines is 1. The molecule has 0 spiro atoms. The zero-order valence-electron chi connectivity index (χ0n) is 17.1. The standard InChI is InChI=1S/C22H29N3O3S/c1-3-21(25(29(2,27)28)20-12-8-5-9-13-20)22(26)24-16-14-23(15-17-24)18-19-10-6-4-7-11-19/h4-13,21H,3,14-18H2,1-2H3/t21-/m1/s1. The van der Waals surface area contributed by atoms with Crippen LogP contribution >= 0.6 is 0 Å². The molecule has 0 N–H and O–H groups in total. The van der Waals surface area contributed by atoms with Crippen LogP contribution in [0.15, 0.2) is 60.7 Å². The van der Waals surface area contributed by atoms with E-state index in [0.717, 1.165) is 25.9 Å². The molecule has 7 heteroatoms. The van der Waals surface area contributed by atoms with E-state index in [1.807, 2.05) is 31.2 Å². The first kappa shape index (κ1) is 21.3. The van der Waals surface area contributed by atoms with E-state index in [9.17, 15) is 13.2 Å². The summed E-state index contributed by atoms with van der Waals surface area (Å²) >= 11 is 0. The molecule has 1 fully saturated rings. The van der Waals surface area contributed by atoms with Gasteiger partial charge >= 0.3 is 0 Å². The number of sulfonamides is 1. The SMILES string of the molecule is CC[C@H](C(=O)N1CCN(Cc2ccccc2)CC1)N(c1ccccc1)S(C)(=O)=O. The van der Waals surface area contributed by atoms with Crippen molar-refractivity contribution in [2.75, 3.05) is 36.7 Å². The van der Waals surface area contributed by atoms with Crippen molar-refractivity contribution >= 4 is 21.6 Å². The van der Waals surface area contributed by atoms with Crippen molar-refractivity contribution in [3.05, 3.63) is 66.2 Å². The molecule has 1 aliphatic heterocycles. The minimum Gasteiger partial charge on any atom is -0.338 e. The molecule has 0 aliphatic carbocycles. The summed E-state index contributed by atoms with van der Waals surface area (Å²) in [6.45, 7) is 5.49. The van der Waals surface area contributed by atoms with Gasteiger partial charge in [-0.2, -0.15) is 0 Å². The van der Waals surface area contributed by atoms with Gasteiger partial charge in [-0.25, -0.2) is 8.42 Å². The summed E-state index contributed by atoms with van der Waals surface area (Å²) in [5.74, 6) is -0.124. The van der Waals surface area contributed by atoms with Gasteiger partial charge in [0, 0.05) is 32.7 Å². The average Bonchev–Trinajstić information content (AvgIpc) is 2.72. The van der Waals surface area contributed by atoms with Crippen LogP contribution in [0.1, 0.15) is 18.9 Å². The predicted octanol–water partition coefficient (Wildman–Crippen LogP) is 2.58. The van der Waals surface area contributed by atoms with Gasteiger partial charge in [0.25, 0.3) is 0 Å². The van der Waals surface area contributed by atoms with E-state index >= 15 is 0 Å². The molecular weight excluding hydrogens is 386 g/mol. The lowest BCUT2D eigenvalue weighted by Gasteiger charge is -2.39. The second kappa shape index (κ2) is 9.41. The molecule has 156 valence electrons. The van der Waals surface area contributed by atoms with E-state index in [1.165, 1.54) is 9.87 Å². The highest BCUT2D eigenvalue weighted by molar-refractivity contribution is 7.92. The lowest BCUT2D eigenvalue weighted by molar-refractivity contribution is -0.134. The zero-order valence-corrected chi connectivity index (χ0v) is 17.9. The number of piperazine rings is 1. The summed E-state index contributed by atoms with van der Waals surface area (Å²) in [6, 6.07) is 18.4. The summed E-state index contributed by atoms with van der Waals surface area (Å²) in [6.07, 6.45) is 1.58. The first-order valence-corrected chi connectivity index (χ1v) is 11.8. The third kappa shape index (κ3) is 5.36. The Hall–Kier alpha value is -2.38. The van der Waals surface area contributed by atoms with Crippen molar-refractivity contribution in [2.45, 2.75) is 25.9 Å².